The zero-order chi connectivity index (χ0) is 14.0. The van der Waals surface area contributed by atoms with Crippen molar-refractivity contribution in [3.63, 3.8) is 0 Å². The monoisotopic (exact) mass is 373 g/mol. The molecule has 0 fully saturated rings. The van der Waals surface area contributed by atoms with E-state index in [1.807, 2.05) is 11.0 Å². The molecule has 0 saturated heterocycles. The molecule has 1 heterocycles. The lowest BCUT2D eigenvalue weighted by molar-refractivity contribution is 0.00770. The van der Waals surface area contributed by atoms with Gasteiger partial charge < -0.3 is 9.64 Å². The van der Waals surface area contributed by atoms with E-state index in [9.17, 15) is 4.79 Å². The summed E-state index contributed by atoms with van der Waals surface area (Å²) >= 11 is 2.25. The summed E-state index contributed by atoms with van der Waals surface area (Å²) in [7, 11) is 1.72. The van der Waals surface area contributed by atoms with Gasteiger partial charge in [-0.25, -0.2) is 0 Å². The van der Waals surface area contributed by atoms with Crippen LogP contribution in [-0.2, 0) is 11.2 Å². The van der Waals surface area contributed by atoms with Crippen molar-refractivity contribution in [2.45, 2.75) is 32.3 Å². The number of methoxy groups -OCH3 is 1. The van der Waals surface area contributed by atoms with Crippen LogP contribution in [0.2, 0.25) is 0 Å². The normalized spacial score (nSPS) is 15.6. The van der Waals surface area contributed by atoms with Crippen molar-refractivity contribution in [2.75, 3.05) is 20.2 Å². The van der Waals surface area contributed by atoms with E-state index < -0.39 is 0 Å². The zero-order valence-corrected chi connectivity index (χ0v) is 13.9. The summed E-state index contributed by atoms with van der Waals surface area (Å²) in [5, 5.41) is 0. The Bertz CT molecular complexity index is 485. The standard InChI is InChI=1S/C15H20INO2/c1-15(2,19-3)7-9-17-8-6-11-4-5-12(16)10-13(11)14(17)18/h4-5,10H,6-9H2,1-3H3. The van der Waals surface area contributed by atoms with Gasteiger partial charge >= 0.3 is 0 Å². The van der Waals surface area contributed by atoms with E-state index in [0.29, 0.717) is 0 Å². The maximum atomic E-state index is 12.5. The van der Waals surface area contributed by atoms with E-state index in [4.69, 9.17) is 4.74 Å². The first-order valence-electron chi connectivity index (χ1n) is 6.56. The minimum absolute atomic E-state index is 0.159. The van der Waals surface area contributed by atoms with Crippen LogP contribution in [0.15, 0.2) is 18.2 Å². The van der Waals surface area contributed by atoms with Gasteiger partial charge in [0, 0.05) is 29.3 Å². The lowest BCUT2D eigenvalue weighted by Crippen LogP contribution is -2.40. The minimum Gasteiger partial charge on any atom is -0.379 e. The van der Waals surface area contributed by atoms with E-state index in [0.717, 1.165) is 35.1 Å². The first-order valence-corrected chi connectivity index (χ1v) is 7.64. The average molecular weight is 373 g/mol. The largest absolute Gasteiger partial charge is 0.379 e. The summed E-state index contributed by atoms with van der Waals surface area (Å²) in [5.41, 5.74) is 1.87. The number of fused-ring (bicyclic) bond motifs is 1. The molecule has 0 unspecified atom stereocenters. The molecule has 0 N–H and O–H groups in total. The van der Waals surface area contributed by atoms with Gasteiger partial charge in [0.1, 0.15) is 0 Å². The van der Waals surface area contributed by atoms with Crippen LogP contribution in [0.3, 0.4) is 0 Å². The Morgan fingerprint density at radius 3 is 2.84 bits per heavy atom. The van der Waals surface area contributed by atoms with Gasteiger partial charge in [-0.1, -0.05) is 6.07 Å². The van der Waals surface area contributed by atoms with Crippen molar-refractivity contribution in [3.05, 3.63) is 32.9 Å². The number of carbonyl (C=O) groups is 1. The van der Waals surface area contributed by atoms with Gasteiger partial charge in [-0.05, 0) is 67.0 Å². The third-order valence-electron chi connectivity index (χ3n) is 3.78. The van der Waals surface area contributed by atoms with Crippen molar-refractivity contribution in [1.82, 2.24) is 4.90 Å². The molecule has 1 aliphatic rings. The van der Waals surface area contributed by atoms with Gasteiger partial charge in [-0.2, -0.15) is 0 Å². The molecule has 1 aliphatic heterocycles. The van der Waals surface area contributed by atoms with Crippen LogP contribution in [0.5, 0.6) is 0 Å². The fraction of sp³-hybridized carbons (Fsp3) is 0.533. The maximum absolute atomic E-state index is 12.5. The van der Waals surface area contributed by atoms with Crippen molar-refractivity contribution in [3.8, 4) is 0 Å². The summed E-state index contributed by atoms with van der Waals surface area (Å²) in [4.78, 5) is 14.4. The predicted octanol–water partition coefficient (Wildman–Crippen LogP) is 3.10. The summed E-state index contributed by atoms with van der Waals surface area (Å²) < 4.78 is 6.53. The van der Waals surface area contributed by atoms with Crippen LogP contribution < -0.4 is 0 Å². The molecule has 0 saturated carbocycles. The minimum atomic E-state index is -0.175. The summed E-state index contributed by atoms with van der Waals surface area (Å²) in [5.74, 6) is 0.159. The Morgan fingerprint density at radius 2 is 2.16 bits per heavy atom. The lowest BCUT2D eigenvalue weighted by Gasteiger charge is -2.32. The van der Waals surface area contributed by atoms with Gasteiger partial charge in [0.25, 0.3) is 5.91 Å². The molecule has 1 aromatic rings. The summed E-state index contributed by atoms with van der Waals surface area (Å²) in [6.45, 7) is 5.67. The number of benzene rings is 1. The van der Waals surface area contributed by atoms with Crippen molar-refractivity contribution in [1.29, 1.82) is 0 Å². The topological polar surface area (TPSA) is 29.5 Å². The lowest BCUT2D eigenvalue weighted by atomic mass is 9.98. The highest BCUT2D eigenvalue weighted by Gasteiger charge is 2.26. The molecular weight excluding hydrogens is 353 g/mol. The second-order valence-electron chi connectivity index (χ2n) is 5.56. The second kappa shape index (κ2) is 5.79. The van der Waals surface area contributed by atoms with Crippen LogP contribution >= 0.6 is 22.6 Å². The molecule has 1 aromatic carbocycles. The molecule has 19 heavy (non-hydrogen) atoms. The Hall–Kier alpha value is -0.620. The van der Waals surface area contributed by atoms with Gasteiger partial charge in [0.15, 0.2) is 0 Å². The molecule has 0 atom stereocenters. The van der Waals surface area contributed by atoms with Gasteiger partial charge in [-0.15, -0.1) is 0 Å². The van der Waals surface area contributed by atoms with Crippen LogP contribution in [0, 0.1) is 3.57 Å². The van der Waals surface area contributed by atoms with E-state index in [1.165, 1.54) is 5.56 Å². The number of hydrogen-bond acceptors (Lipinski definition) is 2. The molecule has 0 radical (unpaired) electrons. The van der Waals surface area contributed by atoms with E-state index in [2.05, 4.69) is 48.6 Å². The number of nitrogens with zero attached hydrogens (tertiary/aromatic N) is 1. The highest BCUT2D eigenvalue weighted by molar-refractivity contribution is 14.1. The fourth-order valence-corrected chi connectivity index (χ4v) is 2.70. The molecule has 0 aliphatic carbocycles. The smallest absolute Gasteiger partial charge is 0.254 e. The summed E-state index contributed by atoms with van der Waals surface area (Å²) in [6, 6.07) is 6.13. The summed E-state index contributed by atoms with van der Waals surface area (Å²) in [6.07, 6.45) is 1.81. The number of carbonyl (C=O) groups excluding carboxylic acids is 1. The second-order valence-corrected chi connectivity index (χ2v) is 6.80. The highest BCUT2D eigenvalue weighted by atomic mass is 127. The molecular formula is C15H20INO2. The molecule has 0 aromatic heterocycles. The van der Waals surface area contributed by atoms with Gasteiger partial charge in [0.05, 0.1) is 5.60 Å². The van der Waals surface area contributed by atoms with E-state index in [-0.39, 0.29) is 11.5 Å². The number of amides is 1. The van der Waals surface area contributed by atoms with Crippen LogP contribution in [0.1, 0.15) is 36.2 Å². The first kappa shape index (κ1) is 14.8. The van der Waals surface area contributed by atoms with Crippen molar-refractivity contribution < 1.29 is 9.53 Å². The SMILES string of the molecule is COC(C)(C)CCN1CCc2ccc(I)cc2C1=O. The molecule has 1 amide bonds. The molecule has 0 bridgehead atoms. The Morgan fingerprint density at radius 1 is 1.42 bits per heavy atom. The number of hydrogen-bond donors (Lipinski definition) is 0. The Balaban J connectivity index is 2.09. The van der Waals surface area contributed by atoms with E-state index in [1.54, 1.807) is 7.11 Å². The van der Waals surface area contributed by atoms with Crippen molar-refractivity contribution >= 4 is 28.5 Å². The van der Waals surface area contributed by atoms with E-state index >= 15 is 0 Å². The number of rotatable bonds is 4. The third-order valence-corrected chi connectivity index (χ3v) is 4.45. The zero-order valence-electron chi connectivity index (χ0n) is 11.7. The maximum Gasteiger partial charge on any atom is 0.254 e. The van der Waals surface area contributed by atoms with Crippen molar-refractivity contribution in [2.24, 2.45) is 0 Å². The molecule has 4 heteroatoms. The van der Waals surface area contributed by atoms with Gasteiger partial charge in [0.2, 0.25) is 0 Å². The molecule has 2 rings (SSSR count). The highest BCUT2D eigenvalue weighted by Crippen LogP contribution is 2.23. The van der Waals surface area contributed by atoms with Crippen LogP contribution in [0.25, 0.3) is 0 Å². The van der Waals surface area contributed by atoms with Gasteiger partial charge in [-0.3, -0.25) is 4.79 Å². The third kappa shape index (κ3) is 3.48. The molecule has 0 spiro atoms. The number of ether oxygens (including phenoxy) is 1. The Kier molecular flexibility index (Phi) is 4.50. The molecule has 3 nitrogen and oxygen atoms in total. The molecule has 104 valence electrons. The van der Waals surface area contributed by atoms with Crippen LogP contribution in [0.4, 0.5) is 0 Å². The Labute approximate surface area is 128 Å². The number of halogens is 1. The first-order chi connectivity index (χ1) is 8.93. The van der Waals surface area contributed by atoms with Crippen LogP contribution in [-0.4, -0.2) is 36.6 Å². The predicted molar refractivity (Wildman–Crippen MR) is 84.5 cm³/mol. The quantitative estimate of drug-likeness (QED) is 0.760. The fourth-order valence-electron chi connectivity index (χ4n) is 2.21. The average Bonchev–Trinajstić information content (AvgIpc) is 2.39.